The summed E-state index contributed by atoms with van der Waals surface area (Å²) in [4.78, 5) is 36.2. The molecule has 31 heavy (non-hydrogen) atoms. The molecular weight excluding hydrogens is 396 g/mol. The van der Waals surface area contributed by atoms with Crippen molar-refractivity contribution in [1.82, 2.24) is 5.32 Å². The van der Waals surface area contributed by atoms with Crippen LogP contribution in [0.4, 0.5) is 5.69 Å². The maximum atomic E-state index is 12.6. The minimum atomic E-state index is -1.23. The summed E-state index contributed by atoms with van der Waals surface area (Å²) in [5, 5.41) is 25.4. The second-order valence-corrected chi connectivity index (χ2v) is 6.92. The second kappa shape index (κ2) is 9.69. The lowest BCUT2D eigenvalue weighted by Crippen LogP contribution is -2.26. The number of aliphatic hydroxyl groups excluding tert-OH is 1. The fourth-order valence-electron chi connectivity index (χ4n) is 3.13. The van der Waals surface area contributed by atoms with Crippen LogP contribution in [0, 0.1) is 0 Å². The molecule has 0 radical (unpaired) electrons. The van der Waals surface area contributed by atoms with Gasteiger partial charge in [-0.05, 0) is 53.1 Å². The minimum absolute atomic E-state index is 0.0108. The molecule has 0 unspecified atom stereocenters. The Morgan fingerprint density at radius 1 is 0.935 bits per heavy atom. The summed E-state index contributed by atoms with van der Waals surface area (Å²) in [6.45, 7) is 1.64. The Hall–Kier alpha value is -3.97. The Bertz CT molecular complexity index is 1180. The topological polar surface area (TPSA) is 116 Å². The van der Waals surface area contributed by atoms with Crippen LogP contribution >= 0.6 is 0 Å². The Morgan fingerprint density at radius 3 is 2.35 bits per heavy atom. The lowest BCUT2D eigenvalue weighted by molar-refractivity contribution is -0.111. The number of hydrogen-bond donors (Lipinski definition) is 4. The molecule has 7 heteroatoms. The third-order valence-corrected chi connectivity index (χ3v) is 4.72. The van der Waals surface area contributed by atoms with Gasteiger partial charge >= 0.3 is 5.97 Å². The first kappa shape index (κ1) is 21.7. The maximum absolute atomic E-state index is 12.6. The zero-order chi connectivity index (χ0) is 22.4. The van der Waals surface area contributed by atoms with Crippen molar-refractivity contribution in [2.24, 2.45) is 0 Å². The molecule has 0 saturated carbocycles. The SMILES string of the molecule is C/C(=C/C(=O)Nc1cc(C(=O)NCCO)ccc1C(=O)O)c1ccc2ccccc2c1. The summed E-state index contributed by atoms with van der Waals surface area (Å²) in [5.41, 5.74) is 1.62. The molecule has 4 N–H and O–H groups in total. The molecule has 0 saturated heterocycles. The second-order valence-electron chi connectivity index (χ2n) is 6.92. The van der Waals surface area contributed by atoms with Crippen LogP contribution in [0.3, 0.4) is 0 Å². The Kier molecular flexibility index (Phi) is 6.79. The normalized spacial score (nSPS) is 11.2. The average molecular weight is 418 g/mol. The monoisotopic (exact) mass is 418 g/mol. The first-order chi connectivity index (χ1) is 14.9. The number of amides is 2. The van der Waals surface area contributed by atoms with Crippen molar-refractivity contribution in [3.63, 3.8) is 0 Å². The highest BCUT2D eigenvalue weighted by atomic mass is 16.4. The number of aliphatic hydroxyl groups is 1. The molecule has 0 aliphatic rings. The van der Waals surface area contributed by atoms with E-state index in [1.807, 2.05) is 42.5 Å². The molecular formula is C24H22N2O5. The number of carbonyl (C=O) groups is 3. The smallest absolute Gasteiger partial charge is 0.337 e. The number of carboxylic acids is 1. The molecule has 3 rings (SSSR count). The molecule has 0 aliphatic carbocycles. The van der Waals surface area contributed by atoms with Gasteiger partial charge in [-0.2, -0.15) is 0 Å². The molecule has 0 aromatic heterocycles. The van der Waals surface area contributed by atoms with Gasteiger partial charge in [0.05, 0.1) is 17.9 Å². The molecule has 2 amide bonds. The van der Waals surface area contributed by atoms with E-state index < -0.39 is 17.8 Å². The number of rotatable bonds is 7. The van der Waals surface area contributed by atoms with Crippen molar-refractivity contribution in [3.8, 4) is 0 Å². The molecule has 0 aliphatic heterocycles. The number of hydrogen-bond acceptors (Lipinski definition) is 4. The van der Waals surface area contributed by atoms with E-state index in [0.29, 0.717) is 5.57 Å². The number of aromatic carboxylic acids is 1. The number of allylic oxidation sites excluding steroid dienone is 1. The molecule has 7 nitrogen and oxygen atoms in total. The van der Waals surface area contributed by atoms with E-state index >= 15 is 0 Å². The van der Waals surface area contributed by atoms with E-state index in [2.05, 4.69) is 10.6 Å². The zero-order valence-corrected chi connectivity index (χ0v) is 16.9. The zero-order valence-electron chi connectivity index (χ0n) is 16.9. The van der Waals surface area contributed by atoms with Gasteiger partial charge in [-0.1, -0.05) is 36.4 Å². The van der Waals surface area contributed by atoms with Crippen LogP contribution in [0.1, 0.15) is 33.2 Å². The Labute approximate surface area is 179 Å². The minimum Gasteiger partial charge on any atom is -0.478 e. The maximum Gasteiger partial charge on any atom is 0.337 e. The van der Waals surface area contributed by atoms with Crippen molar-refractivity contribution < 1.29 is 24.6 Å². The predicted octanol–water partition coefficient (Wildman–Crippen LogP) is 3.30. The average Bonchev–Trinajstić information content (AvgIpc) is 2.76. The van der Waals surface area contributed by atoms with E-state index in [1.54, 1.807) is 6.92 Å². The van der Waals surface area contributed by atoms with Crippen molar-refractivity contribution in [3.05, 3.63) is 83.4 Å². The molecule has 3 aromatic rings. The number of fused-ring (bicyclic) bond motifs is 1. The molecule has 0 spiro atoms. The summed E-state index contributed by atoms with van der Waals surface area (Å²) in [6.07, 6.45) is 1.38. The highest BCUT2D eigenvalue weighted by Gasteiger charge is 2.15. The molecule has 0 atom stereocenters. The van der Waals surface area contributed by atoms with E-state index in [1.165, 1.54) is 24.3 Å². The van der Waals surface area contributed by atoms with Gasteiger partial charge in [0.25, 0.3) is 5.91 Å². The number of carbonyl (C=O) groups excluding carboxylic acids is 2. The Morgan fingerprint density at radius 2 is 1.65 bits per heavy atom. The summed E-state index contributed by atoms with van der Waals surface area (Å²) in [6, 6.07) is 17.6. The largest absolute Gasteiger partial charge is 0.478 e. The van der Waals surface area contributed by atoms with Gasteiger partial charge in [-0.25, -0.2) is 4.79 Å². The summed E-state index contributed by atoms with van der Waals surface area (Å²) >= 11 is 0. The van der Waals surface area contributed by atoms with Gasteiger partial charge in [-0.15, -0.1) is 0 Å². The third kappa shape index (κ3) is 5.34. The fraction of sp³-hybridized carbons (Fsp3) is 0.125. The van der Waals surface area contributed by atoms with Crippen LogP contribution in [-0.2, 0) is 4.79 Å². The summed E-state index contributed by atoms with van der Waals surface area (Å²) < 4.78 is 0. The third-order valence-electron chi connectivity index (χ3n) is 4.72. The van der Waals surface area contributed by atoms with Crippen molar-refractivity contribution in [2.45, 2.75) is 6.92 Å². The van der Waals surface area contributed by atoms with Crippen LogP contribution < -0.4 is 10.6 Å². The van der Waals surface area contributed by atoms with Gasteiger partial charge in [0, 0.05) is 18.2 Å². The van der Waals surface area contributed by atoms with Crippen molar-refractivity contribution in [2.75, 3.05) is 18.5 Å². The van der Waals surface area contributed by atoms with Crippen LogP contribution in [0.5, 0.6) is 0 Å². The van der Waals surface area contributed by atoms with E-state index in [0.717, 1.165) is 16.3 Å². The number of carboxylic acid groups (broad SMARTS) is 1. The summed E-state index contributed by atoms with van der Waals surface area (Å²) in [7, 11) is 0. The quantitative estimate of drug-likeness (QED) is 0.440. The standard InChI is InChI=1S/C24H22N2O5/c1-15(17-7-6-16-4-2-3-5-18(16)13-17)12-22(28)26-21-14-19(23(29)25-10-11-27)8-9-20(21)24(30)31/h2-9,12-14,27H,10-11H2,1H3,(H,25,29)(H,26,28)(H,30,31)/b15-12-. The van der Waals surface area contributed by atoms with Crippen LogP contribution in [0.15, 0.2) is 66.7 Å². The Balaban J connectivity index is 1.84. The lowest BCUT2D eigenvalue weighted by Gasteiger charge is -2.10. The number of anilines is 1. The summed E-state index contributed by atoms with van der Waals surface area (Å²) in [5.74, 6) is -2.22. The fourth-order valence-corrected chi connectivity index (χ4v) is 3.13. The van der Waals surface area contributed by atoms with Gasteiger partial charge in [0.2, 0.25) is 5.91 Å². The highest BCUT2D eigenvalue weighted by Crippen LogP contribution is 2.22. The van der Waals surface area contributed by atoms with E-state index in [-0.39, 0.29) is 30.0 Å². The highest BCUT2D eigenvalue weighted by molar-refractivity contribution is 6.08. The van der Waals surface area contributed by atoms with Crippen LogP contribution in [0.2, 0.25) is 0 Å². The first-order valence-corrected chi connectivity index (χ1v) is 9.64. The molecule has 3 aromatic carbocycles. The predicted molar refractivity (Wildman–Crippen MR) is 119 cm³/mol. The number of benzene rings is 3. The van der Waals surface area contributed by atoms with E-state index in [4.69, 9.17) is 5.11 Å². The van der Waals surface area contributed by atoms with Crippen molar-refractivity contribution in [1.29, 1.82) is 0 Å². The van der Waals surface area contributed by atoms with Gasteiger partial charge < -0.3 is 20.8 Å². The molecule has 0 bridgehead atoms. The van der Waals surface area contributed by atoms with Gasteiger partial charge in [0.1, 0.15) is 0 Å². The first-order valence-electron chi connectivity index (χ1n) is 9.64. The lowest BCUT2D eigenvalue weighted by atomic mass is 10.0. The van der Waals surface area contributed by atoms with E-state index in [9.17, 15) is 19.5 Å². The van der Waals surface area contributed by atoms with Gasteiger partial charge in [0.15, 0.2) is 0 Å². The molecule has 158 valence electrons. The van der Waals surface area contributed by atoms with Crippen LogP contribution in [0.25, 0.3) is 16.3 Å². The number of nitrogens with one attached hydrogen (secondary N) is 2. The van der Waals surface area contributed by atoms with Crippen molar-refractivity contribution >= 4 is 39.8 Å². The molecule has 0 heterocycles. The van der Waals surface area contributed by atoms with Gasteiger partial charge in [-0.3, -0.25) is 9.59 Å². The van der Waals surface area contributed by atoms with Crippen LogP contribution in [-0.4, -0.2) is 41.1 Å². The molecule has 0 fully saturated rings.